The molecule has 13 heavy (non-hydrogen) atoms. The van der Waals surface area contributed by atoms with E-state index in [1.54, 1.807) is 11.4 Å². The van der Waals surface area contributed by atoms with Crippen LogP contribution in [0.1, 0.15) is 6.42 Å². The molecular formula is C7H9N3O2S. The zero-order valence-corrected chi connectivity index (χ0v) is 7.54. The lowest BCUT2D eigenvalue weighted by Gasteiger charge is -2.00. The van der Waals surface area contributed by atoms with E-state index >= 15 is 0 Å². The summed E-state index contributed by atoms with van der Waals surface area (Å²) in [5, 5.41) is 17.1. The molecule has 0 spiro atoms. The number of amides is 1. The molecule has 0 aliphatic rings. The largest absolute Gasteiger partial charge is 0.409 e. The Kier molecular flexibility index (Phi) is 3.27. The minimum atomic E-state index is -0.297. The fraction of sp³-hybridized carbons (Fsp3) is 0.143. The van der Waals surface area contributed by atoms with Crippen molar-refractivity contribution in [1.29, 1.82) is 0 Å². The zero-order chi connectivity index (χ0) is 9.68. The monoisotopic (exact) mass is 199 g/mol. The molecule has 1 heterocycles. The number of carbonyl (C=O) groups is 1. The summed E-state index contributed by atoms with van der Waals surface area (Å²) in [4.78, 5) is 11.1. The minimum Gasteiger partial charge on any atom is -0.409 e. The third kappa shape index (κ3) is 3.12. The number of anilines is 1. The van der Waals surface area contributed by atoms with Crippen LogP contribution in [0, 0.1) is 0 Å². The van der Waals surface area contributed by atoms with Gasteiger partial charge in [-0.3, -0.25) is 4.79 Å². The molecule has 0 atom stereocenters. The van der Waals surface area contributed by atoms with E-state index < -0.39 is 0 Å². The van der Waals surface area contributed by atoms with Crippen LogP contribution in [0.4, 0.5) is 5.69 Å². The van der Waals surface area contributed by atoms with E-state index in [1.165, 1.54) is 11.3 Å². The van der Waals surface area contributed by atoms with E-state index in [4.69, 9.17) is 10.9 Å². The average molecular weight is 199 g/mol. The fourth-order valence-corrected chi connectivity index (χ4v) is 1.33. The van der Waals surface area contributed by atoms with Crippen LogP contribution in [0.15, 0.2) is 22.0 Å². The highest BCUT2D eigenvalue weighted by atomic mass is 32.1. The second kappa shape index (κ2) is 4.46. The van der Waals surface area contributed by atoms with E-state index in [0.717, 1.165) is 5.69 Å². The molecule has 0 saturated heterocycles. The number of thiophene rings is 1. The smallest absolute Gasteiger partial charge is 0.232 e. The van der Waals surface area contributed by atoms with Gasteiger partial charge in [-0.05, 0) is 11.4 Å². The van der Waals surface area contributed by atoms with Gasteiger partial charge in [0.2, 0.25) is 5.91 Å². The molecule has 0 radical (unpaired) electrons. The van der Waals surface area contributed by atoms with Crippen molar-refractivity contribution in [3.63, 3.8) is 0 Å². The van der Waals surface area contributed by atoms with E-state index in [0.29, 0.717) is 0 Å². The van der Waals surface area contributed by atoms with Gasteiger partial charge in [-0.1, -0.05) is 5.16 Å². The summed E-state index contributed by atoms with van der Waals surface area (Å²) in [7, 11) is 0. The van der Waals surface area contributed by atoms with E-state index in [1.807, 2.05) is 5.38 Å². The molecule has 0 saturated carbocycles. The Labute approximate surface area is 78.9 Å². The highest BCUT2D eigenvalue weighted by molar-refractivity contribution is 7.08. The lowest BCUT2D eigenvalue weighted by atomic mass is 10.3. The van der Waals surface area contributed by atoms with Gasteiger partial charge in [0, 0.05) is 5.38 Å². The lowest BCUT2D eigenvalue weighted by Crippen LogP contribution is -2.21. The number of rotatable bonds is 3. The standard InChI is InChI=1S/C7H9N3O2S/c8-6(10-12)3-7(11)9-5-1-2-13-4-5/h1-2,4,12H,3H2,(H2,8,10)(H,9,11). The molecule has 6 heteroatoms. The van der Waals surface area contributed by atoms with E-state index in [9.17, 15) is 4.79 Å². The predicted molar refractivity (Wildman–Crippen MR) is 51.0 cm³/mol. The molecule has 0 unspecified atom stereocenters. The Balaban J connectivity index is 2.43. The molecule has 0 bridgehead atoms. The van der Waals surface area contributed by atoms with Crippen LogP contribution in [-0.4, -0.2) is 17.0 Å². The first-order chi connectivity index (χ1) is 6.22. The SMILES string of the molecule is NC(CC(=O)Nc1ccsc1)=NO. The predicted octanol–water partition coefficient (Wildman–Crippen LogP) is 0.823. The first-order valence-electron chi connectivity index (χ1n) is 3.51. The second-order valence-corrected chi connectivity index (χ2v) is 3.11. The van der Waals surface area contributed by atoms with Crippen molar-refractivity contribution >= 4 is 28.8 Å². The van der Waals surface area contributed by atoms with E-state index in [-0.39, 0.29) is 18.2 Å². The van der Waals surface area contributed by atoms with Crippen LogP contribution in [0.25, 0.3) is 0 Å². The number of amidine groups is 1. The number of hydrogen-bond donors (Lipinski definition) is 3. The van der Waals surface area contributed by atoms with Crippen LogP contribution in [-0.2, 0) is 4.79 Å². The van der Waals surface area contributed by atoms with Crippen molar-refractivity contribution < 1.29 is 10.0 Å². The van der Waals surface area contributed by atoms with Crippen LogP contribution >= 0.6 is 11.3 Å². The summed E-state index contributed by atoms with van der Waals surface area (Å²) >= 11 is 1.48. The Hall–Kier alpha value is -1.56. The highest BCUT2D eigenvalue weighted by Crippen LogP contribution is 2.11. The molecule has 1 aromatic heterocycles. The Morgan fingerprint density at radius 3 is 3.08 bits per heavy atom. The molecular weight excluding hydrogens is 190 g/mol. The molecule has 0 aliphatic carbocycles. The van der Waals surface area contributed by atoms with Crippen molar-refractivity contribution in [1.82, 2.24) is 0 Å². The van der Waals surface area contributed by atoms with Crippen molar-refractivity contribution in [3.8, 4) is 0 Å². The average Bonchev–Trinajstić information content (AvgIpc) is 2.56. The number of nitrogens with two attached hydrogens (primary N) is 1. The summed E-state index contributed by atoms with van der Waals surface area (Å²) in [6.07, 6.45) is -0.105. The molecule has 4 N–H and O–H groups in total. The van der Waals surface area contributed by atoms with Crippen molar-refractivity contribution in [2.24, 2.45) is 10.9 Å². The first-order valence-corrected chi connectivity index (χ1v) is 4.45. The maximum atomic E-state index is 11.1. The quantitative estimate of drug-likeness (QED) is 0.291. The number of carbonyl (C=O) groups excluding carboxylic acids is 1. The Bertz CT molecular complexity index is 308. The van der Waals surface area contributed by atoms with Gasteiger partial charge in [0.15, 0.2) is 0 Å². The summed E-state index contributed by atoms with van der Waals surface area (Å²) < 4.78 is 0. The molecule has 0 fully saturated rings. The van der Waals surface area contributed by atoms with Gasteiger partial charge in [0.05, 0.1) is 12.1 Å². The second-order valence-electron chi connectivity index (χ2n) is 2.33. The number of nitrogens with zero attached hydrogens (tertiary/aromatic N) is 1. The Morgan fingerprint density at radius 2 is 2.54 bits per heavy atom. The third-order valence-electron chi connectivity index (χ3n) is 1.28. The maximum absolute atomic E-state index is 11.1. The van der Waals surface area contributed by atoms with Gasteiger partial charge in [0.1, 0.15) is 5.84 Å². The van der Waals surface area contributed by atoms with Gasteiger partial charge >= 0.3 is 0 Å². The van der Waals surface area contributed by atoms with Crippen LogP contribution in [0.3, 0.4) is 0 Å². The van der Waals surface area contributed by atoms with Crippen molar-refractivity contribution in [2.75, 3.05) is 5.32 Å². The van der Waals surface area contributed by atoms with E-state index in [2.05, 4.69) is 10.5 Å². The fourth-order valence-electron chi connectivity index (χ4n) is 0.741. The Morgan fingerprint density at radius 1 is 1.77 bits per heavy atom. The molecule has 5 nitrogen and oxygen atoms in total. The van der Waals surface area contributed by atoms with Gasteiger partial charge in [0.25, 0.3) is 0 Å². The molecule has 1 aromatic rings. The molecule has 1 amide bonds. The number of oxime groups is 1. The van der Waals surface area contributed by atoms with Crippen LogP contribution in [0.2, 0.25) is 0 Å². The normalized spacial score (nSPS) is 11.2. The summed E-state index contributed by atoms with van der Waals surface area (Å²) in [5.41, 5.74) is 5.87. The van der Waals surface area contributed by atoms with Gasteiger partial charge < -0.3 is 16.3 Å². The first kappa shape index (κ1) is 9.53. The number of nitrogens with one attached hydrogen (secondary N) is 1. The minimum absolute atomic E-state index is 0.104. The van der Waals surface area contributed by atoms with Gasteiger partial charge in [-0.2, -0.15) is 11.3 Å². The molecule has 70 valence electrons. The van der Waals surface area contributed by atoms with Gasteiger partial charge in [-0.15, -0.1) is 0 Å². The summed E-state index contributed by atoms with van der Waals surface area (Å²) in [6, 6.07) is 1.77. The highest BCUT2D eigenvalue weighted by Gasteiger charge is 2.04. The van der Waals surface area contributed by atoms with Crippen LogP contribution in [0.5, 0.6) is 0 Å². The number of hydrogen-bond acceptors (Lipinski definition) is 4. The lowest BCUT2D eigenvalue weighted by molar-refractivity contribution is -0.115. The summed E-state index contributed by atoms with van der Waals surface area (Å²) in [6.45, 7) is 0. The molecule has 1 rings (SSSR count). The van der Waals surface area contributed by atoms with Crippen molar-refractivity contribution in [2.45, 2.75) is 6.42 Å². The van der Waals surface area contributed by atoms with Crippen molar-refractivity contribution in [3.05, 3.63) is 16.8 Å². The third-order valence-corrected chi connectivity index (χ3v) is 1.96. The molecule has 0 aliphatic heterocycles. The zero-order valence-electron chi connectivity index (χ0n) is 6.73. The molecule has 0 aromatic carbocycles. The van der Waals surface area contributed by atoms with Gasteiger partial charge in [-0.25, -0.2) is 0 Å². The maximum Gasteiger partial charge on any atom is 0.232 e. The van der Waals surface area contributed by atoms with Crippen LogP contribution < -0.4 is 11.1 Å². The topological polar surface area (TPSA) is 87.7 Å². The summed E-state index contributed by atoms with van der Waals surface area (Å²) in [5.74, 6) is -0.401.